The average molecular weight is 481 g/mol. The van der Waals surface area contributed by atoms with E-state index in [4.69, 9.17) is 23.2 Å². The molecule has 0 saturated carbocycles. The van der Waals surface area contributed by atoms with Gasteiger partial charge >= 0.3 is 5.97 Å². The molecule has 0 aliphatic rings. The number of nitrogens with zero attached hydrogens (tertiary/aromatic N) is 2. The molecule has 4 aromatic rings. The van der Waals surface area contributed by atoms with E-state index in [1.54, 1.807) is 30.3 Å². The van der Waals surface area contributed by atoms with Gasteiger partial charge in [0.25, 0.3) is 5.91 Å². The molecule has 9 heteroatoms. The first-order valence-corrected chi connectivity index (χ1v) is 10.7. The maximum atomic E-state index is 12.5. The zero-order chi connectivity index (χ0) is 23.4. The van der Waals surface area contributed by atoms with Crippen LogP contribution in [0.3, 0.4) is 0 Å². The number of carboxylic acid groups (broad SMARTS) is 1. The fourth-order valence-electron chi connectivity index (χ4n) is 3.31. The lowest BCUT2D eigenvalue weighted by Crippen LogP contribution is -2.31. The zero-order valence-electron chi connectivity index (χ0n) is 17.1. The SMILES string of the molecule is O=C(Nc1ccc(CC(Nc2ccc3ccccc3n2)C(=O)O)cc1)c1c(Cl)cncc1Cl. The fourth-order valence-corrected chi connectivity index (χ4v) is 3.84. The van der Waals surface area contributed by atoms with Crippen LogP contribution >= 0.6 is 23.2 Å². The molecule has 33 heavy (non-hydrogen) atoms. The third-order valence-electron chi connectivity index (χ3n) is 4.95. The Labute approximate surface area is 199 Å². The Morgan fingerprint density at radius 1 is 0.939 bits per heavy atom. The first-order chi connectivity index (χ1) is 15.9. The number of aromatic nitrogens is 2. The second-order valence-electron chi connectivity index (χ2n) is 7.26. The molecule has 0 saturated heterocycles. The summed E-state index contributed by atoms with van der Waals surface area (Å²) >= 11 is 12.1. The normalized spacial score (nSPS) is 11.7. The maximum Gasteiger partial charge on any atom is 0.326 e. The van der Waals surface area contributed by atoms with Crippen LogP contribution in [0, 0.1) is 0 Å². The van der Waals surface area contributed by atoms with Crippen LogP contribution in [0.4, 0.5) is 11.5 Å². The summed E-state index contributed by atoms with van der Waals surface area (Å²) < 4.78 is 0. The van der Waals surface area contributed by atoms with Crippen LogP contribution in [0.5, 0.6) is 0 Å². The number of nitrogens with one attached hydrogen (secondary N) is 2. The van der Waals surface area contributed by atoms with Crippen molar-refractivity contribution < 1.29 is 14.7 Å². The van der Waals surface area contributed by atoms with E-state index in [-0.39, 0.29) is 22.0 Å². The second kappa shape index (κ2) is 9.85. The van der Waals surface area contributed by atoms with Gasteiger partial charge in [0.05, 0.1) is 21.1 Å². The molecule has 1 atom stereocenters. The van der Waals surface area contributed by atoms with Crippen molar-refractivity contribution in [3.63, 3.8) is 0 Å². The number of hydrogen-bond acceptors (Lipinski definition) is 5. The molecule has 4 rings (SSSR count). The molecule has 1 unspecified atom stereocenters. The Bertz CT molecular complexity index is 1310. The van der Waals surface area contributed by atoms with E-state index >= 15 is 0 Å². The molecular formula is C24H18Cl2N4O3. The molecule has 0 fully saturated rings. The van der Waals surface area contributed by atoms with Gasteiger partial charge in [-0.2, -0.15) is 0 Å². The van der Waals surface area contributed by atoms with Crippen LogP contribution in [-0.2, 0) is 11.2 Å². The molecule has 0 radical (unpaired) electrons. The number of aliphatic carboxylic acids is 1. The van der Waals surface area contributed by atoms with Gasteiger partial charge in [-0.15, -0.1) is 0 Å². The third kappa shape index (κ3) is 5.39. The van der Waals surface area contributed by atoms with Gasteiger partial charge in [-0.3, -0.25) is 9.78 Å². The van der Waals surface area contributed by atoms with E-state index in [0.717, 1.165) is 16.5 Å². The molecule has 7 nitrogen and oxygen atoms in total. The van der Waals surface area contributed by atoms with E-state index in [1.165, 1.54) is 12.4 Å². The van der Waals surface area contributed by atoms with Crippen molar-refractivity contribution in [1.29, 1.82) is 0 Å². The van der Waals surface area contributed by atoms with Crippen molar-refractivity contribution in [1.82, 2.24) is 9.97 Å². The smallest absolute Gasteiger partial charge is 0.326 e. The van der Waals surface area contributed by atoms with E-state index < -0.39 is 17.9 Å². The number of anilines is 2. The largest absolute Gasteiger partial charge is 0.480 e. The van der Waals surface area contributed by atoms with Crippen LogP contribution in [0.15, 0.2) is 73.1 Å². The van der Waals surface area contributed by atoms with Crippen molar-refractivity contribution >= 4 is 57.5 Å². The topological polar surface area (TPSA) is 104 Å². The second-order valence-corrected chi connectivity index (χ2v) is 8.07. The number of fused-ring (bicyclic) bond motifs is 1. The molecule has 1 amide bonds. The van der Waals surface area contributed by atoms with Gasteiger partial charge in [-0.1, -0.05) is 53.5 Å². The molecule has 0 aliphatic carbocycles. The number of rotatable bonds is 7. The summed E-state index contributed by atoms with van der Waals surface area (Å²) in [6.07, 6.45) is 2.91. The summed E-state index contributed by atoms with van der Waals surface area (Å²) in [5, 5.41) is 16.7. The number of carboxylic acids is 1. The summed E-state index contributed by atoms with van der Waals surface area (Å²) in [4.78, 5) is 32.6. The molecule has 0 bridgehead atoms. The lowest BCUT2D eigenvalue weighted by atomic mass is 10.1. The standard InChI is InChI=1S/C24H18Cl2N4O3/c25-17-12-27-13-18(26)22(17)23(31)28-16-8-5-14(6-9-16)11-20(24(32)33)30-21-10-7-15-3-1-2-4-19(15)29-21/h1-10,12-13,20H,11H2,(H,28,31)(H,29,30)(H,32,33). The summed E-state index contributed by atoms with van der Waals surface area (Å²) in [7, 11) is 0. The number of benzene rings is 2. The minimum absolute atomic E-state index is 0.135. The monoisotopic (exact) mass is 480 g/mol. The quantitative estimate of drug-likeness (QED) is 0.331. The van der Waals surface area contributed by atoms with E-state index in [1.807, 2.05) is 30.3 Å². The van der Waals surface area contributed by atoms with Crippen molar-refractivity contribution in [3.8, 4) is 0 Å². The summed E-state index contributed by atoms with van der Waals surface area (Å²) in [5.41, 5.74) is 2.20. The number of para-hydroxylation sites is 1. The number of pyridine rings is 2. The predicted molar refractivity (Wildman–Crippen MR) is 129 cm³/mol. The Morgan fingerprint density at radius 2 is 1.64 bits per heavy atom. The Kier molecular flexibility index (Phi) is 6.72. The number of halogens is 2. The van der Waals surface area contributed by atoms with Crippen molar-refractivity contribution in [2.45, 2.75) is 12.5 Å². The van der Waals surface area contributed by atoms with Gasteiger partial charge in [0.15, 0.2) is 0 Å². The highest BCUT2D eigenvalue weighted by Crippen LogP contribution is 2.24. The summed E-state index contributed by atoms with van der Waals surface area (Å²) in [5.74, 6) is -0.979. The van der Waals surface area contributed by atoms with Gasteiger partial charge < -0.3 is 15.7 Å². The van der Waals surface area contributed by atoms with Crippen LogP contribution < -0.4 is 10.6 Å². The van der Waals surface area contributed by atoms with Gasteiger partial charge in [0.1, 0.15) is 11.9 Å². The van der Waals surface area contributed by atoms with Crippen LogP contribution in [0.25, 0.3) is 10.9 Å². The first-order valence-electron chi connectivity index (χ1n) is 9.95. The lowest BCUT2D eigenvalue weighted by molar-refractivity contribution is -0.137. The fraction of sp³-hybridized carbons (Fsp3) is 0.0833. The van der Waals surface area contributed by atoms with Gasteiger partial charge in [0, 0.05) is 29.9 Å². The highest BCUT2D eigenvalue weighted by molar-refractivity contribution is 6.40. The highest BCUT2D eigenvalue weighted by atomic mass is 35.5. The lowest BCUT2D eigenvalue weighted by Gasteiger charge is -2.16. The van der Waals surface area contributed by atoms with Crippen LogP contribution in [0.2, 0.25) is 10.0 Å². The number of carbonyl (C=O) groups excluding carboxylic acids is 1. The molecule has 2 aromatic carbocycles. The molecular weight excluding hydrogens is 463 g/mol. The molecule has 2 aromatic heterocycles. The molecule has 2 heterocycles. The average Bonchev–Trinajstić information content (AvgIpc) is 2.79. The molecule has 3 N–H and O–H groups in total. The molecule has 0 spiro atoms. The maximum absolute atomic E-state index is 12.5. The zero-order valence-corrected chi connectivity index (χ0v) is 18.6. The Balaban J connectivity index is 1.44. The Hall–Kier alpha value is -3.68. The third-order valence-corrected chi connectivity index (χ3v) is 5.52. The van der Waals surface area contributed by atoms with Crippen LogP contribution in [-0.4, -0.2) is 33.0 Å². The van der Waals surface area contributed by atoms with Gasteiger partial charge in [-0.05, 0) is 35.9 Å². The minimum Gasteiger partial charge on any atom is -0.480 e. The minimum atomic E-state index is -0.996. The number of carbonyl (C=O) groups is 2. The van der Waals surface area contributed by atoms with Gasteiger partial charge in [0.2, 0.25) is 0 Å². The van der Waals surface area contributed by atoms with Gasteiger partial charge in [-0.25, -0.2) is 9.78 Å². The number of hydrogen-bond donors (Lipinski definition) is 3. The predicted octanol–water partition coefficient (Wildman–Crippen LogP) is 5.30. The van der Waals surface area contributed by atoms with Crippen molar-refractivity contribution in [2.75, 3.05) is 10.6 Å². The van der Waals surface area contributed by atoms with E-state index in [2.05, 4.69) is 20.6 Å². The highest BCUT2D eigenvalue weighted by Gasteiger charge is 2.19. The van der Waals surface area contributed by atoms with Crippen molar-refractivity contribution in [3.05, 3.63) is 94.2 Å². The molecule has 166 valence electrons. The van der Waals surface area contributed by atoms with E-state index in [9.17, 15) is 14.7 Å². The first kappa shape index (κ1) is 22.5. The van der Waals surface area contributed by atoms with Crippen LogP contribution in [0.1, 0.15) is 15.9 Å². The summed E-state index contributed by atoms with van der Waals surface area (Å²) in [6.45, 7) is 0. The Morgan fingerprint density at radius 3 is 2.33 bits per heavy atom. The van der Waals surface area contributed by atoms with Crippen molar-refractivity contribution in [2.24, 2.45) is 0 Å². The summed E-state index contributed by atoms with van der Waals surface area (Å²) in [6, 6.07) is 17.2. The number of amides is 1. The molecule has 0 aliphatic heterocycles. The van der Waals surface area contributed by atoms with E-state index in [0.29, 0.717) is 11.5 Å².